The van der Waals surface area contributed by atoms with E-state index in [4.69, 9.17) is 9.40 Å². The van der Waals surface area contributed by atoms with Crippen molar-refractivity contribution in [2.45, 2.75) is 6.92 Å². The lowest BCUT2D eigenvalue weighted by Crippen LogP contribution is -1.94. The molecule has 0 atom stereocenters. The fraction of sp³-hybridized carbons (Fsp3) is 0.0208. The van der Waals surface area contributed by atoms with E-state index in [-0.39, 0.29) is 0 Å². The summed E-state index contributed by atoms with van der Waals surface area (Å²) in [5, 5.41) is 7.28. The van der Waals surface area contributed by atoms with E-state index in [2.05, 4.69) is 177 Å². The molecule has 2 nitrogen and oxygen atoms in total. The van der Waals surface area contributed by atoms with Gasteiger partial charge in [-0.2, -0.15) is 0 Å². The van der Waals surface area contributed by atoms with Gasteiger partial charge in [0.15, 0.2) is 5.58 Å². The third kappa shape index (κ3) is 4.46. The Morgan fingerprint density at radius 1 is 0.400 bits per heavy atom. The Morgan fingerprint density at radius 2 is 0.940 bits per heavy atom. The second kappa shape index (κ2) is 11.3. The number of aryl methyl sites for hydroxylation is 1. The highest BCUT2D eigenvalue weighted by Crippen LogP contribution is 2.48. The molecule has 0 spiro atoms. The summed E-state index contributed by atoms with van der Waals surface area (Å²) in [7, 11) is 0. The lowest BCUT2D eigenvalue weighted by atomic mass is 9.83. The second-order valence-corrected chi connectivity index (χ2v) is 13.1. The van der Waals surface area contributed by atoms with Crippen LogP contribution in [-0.4, -0.2) is 4.98 Å². The summed E-state index contributed by atoms with van der Waals surface area (Å²) in [6.07, 6.45) is 0. The van der Waals surface area contributed by atoms with Crippen LogP contribution in [-0.2, 0) is 0 Å². The fourth-order valence-corrected chi connectivity index (χ4v) is 7.85. The molecular formula is C48H31NO. The van der Waals surface area contributed by atoms with Crippen molar-refractivity contribution >= 4 is 43.4 Å². The smallest absolute Gasteiger partial charge is 0.227 e. The van der Waals surface area contributed by atoms with Crippen LogP contribution < -0.4 is 0 Å². The van der Waals surface area contributed by atoms with Crippen LogP contribution in [0.5, 0.6) is 0 Å². The quantitative estimate of drug-likeness (QED) is 0.176. The third-order valence-corrected chi connectivity index (χ3v) is 10.2. The summed E-state index contributed by atoms with van der Waals surface area (Å²) < 4.78 is 6.58. The summed E-state index contributed by atoms with van der Waals surface area (Å²) in [4.78, 5) is 5.07. The van der Waals surface area contributed by atoms with Crippen molar-refractivity contribution in [3.63, 3.8) is 0 Å². The van der Waals surface area contributed by atoms with Crippen molar-refractivity contribution < 1.29 is 4.42 Å². The van der Waals surface area contributed by atoms with Gasteiger partial charge in [0.1, 0.15) is 5.52 Å². The molecular weight excluding hydrogens is 607 g/mol. The van der Waals surface area contributed by atoms with Crippen molar-refractivity contribution in [2.75, 3.05) is 0 Å². The van der Waals surface area contributed by atoms with Crippen LogP contribution >= 0.6 is 0 Å². The van der Waals surface area contributed by atoms with E-state index in [0.29, 0.717) is 5.89 Å². The van der Waals surface area contributed by atoms with Crippen LogP contribution in [0.2, 0.25) is 0 Å². The zero-order valence-electron chi connectivity index (χ0n) is 27.5. The minimum Gasteiger partial charge on any atom is -0.436 e. The standard InChI is InChI=1S/C48H31NO/c1-30-20-27-44-45(28-30)50-48(49-44)43-29-42(37-19-11-9-17-35(37)32-14-6-3-7-15-32)40-24-22-33-21-23-38(39-25-26-41(43)47(40)46(33)39)36-18-10-8-16-34(36)31-12-4-2-5-13-31/h2-29H,1H3. The van der Waals surface area contributed by atoms with Gasteiger partial charge in [-0.15, -0.1) is 0 Å². The van der Waals surface area contributed by atoms with E-state index >= 15 is 0 Å². The molecule has 9 aromatic carbocycles. The molecule has 0 saturated heterocycles. The van der Waals surface area contributed by atoms with E-state index < -0.39 is 0 Å². The molecule has 1 aromatic heterocycles. The average Bonchev–Trinajstić information content (AvgIpc) is 3.60. The largest absolute Gasteiger partial charge is 0.436 e. The first kappa shape index (κ1) is 28.5. The SMILES string of the molecule is Cc1ccc2nc(-c3cc(-c4ccccc4-c4ccccc4)c4ccc5ccc(-c6ccccc6-c6ccccc6)c6ccc3c4c56)oc2c1. The fourth-order valence-electron chi connectivity index (χ4n) is 7.85. The Balaban J connectivity index is 1.32. The highest BCUT2D eigenvalue weighted by Gasteiger charge is 2.22. The number of hydrogen-bond donors (Lipinski definition) is 0. The summed E-state index contributed by atoms with van der Waals surface area (Å²) >= 11 is 0. The summed E-state index contributed by atoms with van der Waals surface area (Å²) in [5.41, 5.74) is 13.4. The zero-order chi connectivity index (χ0) is 33.2. The molecule has 2 heteroatoms. The van der Waals surface area contributed by atoms with E-state index in [1.807, 2.05) is 0 Å². The molecule has 50 heavy (non-hydrogen) atoms. The van der Waals surface area contributed by atoms with Crippen LogP contribution in [0.4, 0.5) is 0 Å². The number of oxazole rings is 1. The van der Waals surface area contributed by atoms with Gasteiger partial charge >= 0.3 is 0 Å². The van der Waals surface area contributed by atoms with Gasteiger partial charge in [-0.3, -0.25) is 0 Å². The Morgan fingerprint density at radius 3 is 1.62 bits per heavy atom. The van der Waals surface area contributed by atoms with Gasteiger partial charge < -0.3 is 4.42 Å². The molecule has 0 saturated carbocycles. The average molecular weight is 638 g/mol. The molecule has 0 amide bonds. The lowest BCUT2D eigenvalue weighted by Gasteiger charge is -2.20. The molecule has 0 aliphatic rings. The molecule has 0 bridgehead atoms. The van der Waals surface area contributed by atoms with E-state index in [0.717, 1.165) is 33.2 Å². The van der Waals surface area contributed by atoms with E-state index in [9.17, 15) is 0 Å². The van der Waals surface area contributed by atoms with Crippen molar-refractivity contribution in [2.24, 2.45) is 0 Å². The maximum atomic E-state index is 6.58. The van der Waals surface area contributed by atoms with Crippen LogP contribution in [0, 0.1) is 6.92 Å². The first-order chi connectivity index (χ1) is 24.7. The first-order valence-electron chi connectivity index (χ1n) is 17.1. The first-order valence-corrected chi connectivity index (χ1v) is 17.1. The van der Waals surface area contributed by atoms with Gasteiger partial charge in [-0.25, -0.2) is 4.98 Å². The Hall–Kier alpha value is -6.51. The summed E-state index contributed by atoms with van der Waals surface area (Å²) in [5.74, 6) is 0.636. The van der Waals surface area contributed by atoms with Crippen molar-refractivity contribution in [1.29, 1.82) is 0 Å². The monoisotopic (exact) mass is 637 g/mol. The Labute approximate surface area is 290 Å². The van der Waals surface area contributed by atoms with Gasteiger partial charge in [0.2, 0.25) is 5.89 Å². The summed E-state index contributed by atoms with van der Waals surface area (Å²) in [6.45, 7) is 2.09. The minimum atomic E-state index is 0.636. The highest BCUT2D eigenvalue weighted by atomic mass is 16.3. The molecule has 1 heterocycles. The molecule has 0 N–H and O–H groups in total. The highest BCUT2D eigenvalue weighted by molar-refractivity contribution is 6.30. The molecule has 10 aromatic rings. The number of hydrogen-bond acceptors (Lipinski definition) is 2. The van der Waals surface area contributed by atoms with Gasteiger partial charge in [-0.1, -0.05) is 152 Å². The number of rotatable bonds is 5. The predicted molar refractivity (Wildman–Crippen MR) is 210 cm³/mol. The lowest BCUT2D eigenvalue weighted by molar-refractivity contribution is 0.620. The predicted octanol–water partition coefficient (Wildman–Crippen LogP) is 13.4. The normalized spacial score (nSPS) is 11.7. The molecule has 0 fully saturated rings. The maximum Gasteiger partial charge on any atom is 0.227 e. The maximum absolute atomic E-state index is 6.58. The third-order valence-electron chi connectivity index (χ3n) is 10.2. The van der Waals surface area contributed by atoms with Crippen molar-refractivity contribution in [1.82, 2.24) is 4.98 Å². The number of nitrogens with zero attached hydrogens (tertiary/aromatic N) is 1. The van der Waals surface area contributed by atoms with Gasteiger partial charge in [-0.05, 0) is 108 Å². The Kier molecular flexibility index (Phi) is 6.43. The minimum absolute atomic E-state index is 0.636. The number of aromatic nitrogens is 1. The van der Waals surface area contributed by atoms with Crippen LogP contribution in [0.15, 0.2) is 174 Å². The Bertz CT molecular complexity index is 2860. The van der Waals surface area contributed by atoms with Gasteiger partial charge in [0, 0.05) is 5.56 Å². The van der Waals surface area contributed by atoms with Crippen molar-refractivity contribution in [3.8, 4) is 56.0 Å². The van der Waals surface area contributed by atoms with Crippen LogP contribution in [0.25, 0.3) is 99.4 Å². The molecule has 0 radical (unpaired) electrons. The second-order valence-electron chi connectivity index (χ2n) is 13.1. The number of fused-ring (bicyclic) bond motifs is 1. The molecule has 10 rings (SSSR count). The zero-order valence-corrected chi connectivity index (χ0v) is 27.5. The van der Waals surface area contributed by atoms with E-state index in [1.54, 1.807) is 0 Å². The van der Waals surface area contributed by atoms with Crippen molar-refractivity contribution in [3.05, 3.63) is 175 Å². The van der Waals surface area contributed by atoms with Gasteiger partial charge in [0.25, 0.3) is 0 Å². The van der Waals surface area contributed by atoms with E-state index in [1.165, 1.54) is 65.9 Å². The molecule has 0 aliphatic carbocycles. The summed E-state index contributed by atoms with van der Waals surface area (Å²) in [6, 6.07) is 61.1. The number of benzene rings is 9. The topological polar surface area (TPSA) is 26.0 Å². The van der Waals surface area contributed by atoms with Crippen LogP contribution in [0.3, 0.4) is 0 Å². The van der Waals surface area contributed by atoms with Crippen LogP contribution in [0.1, 0.15) is 5.56 Å². The van der Waals surface area contributed by atoms with Gasteiger partial charge in [0.05, 0.1) is 0 Å². The molecule has 234 valence electrons. The molecule has 0 unspecified atom stereocenters. The molecule has 0 aliphatic heterocycles.